The van der Waals surface area contributed by atoms with Crippen molar-refractivity contribution in [1.82, 2.24) is 10.6 Å². The van der Waals surface area contributed by atoms with Crippen molar-refractivity contribution in [2.45, 2.75) is 31.7 Å². The maximum Gasteiger partial charge on any atom is 0.0494 e. The molecule has 5 heteroatoms. The van der Waals surface area contributed by atoms with Gasteiger partial charge < -0.3 is 15.4 Å². The largest absolute Gasteiger partial charge is 0.383 e. The van der Waals surface area contributed by atoms with Crippen LogP contribution < -0.4 is 10.6 Å². The van der Waals surface area contributed by atoms with Gasteiger partial charge in [0, 0.05) is 41.5 Å². The van der Waals surface area contributed by atoms with Crippen molar-refractivity contribution >= 4 is 28.9 Å². The van der Waals surface area contributed by atoms with Crippen molar-refractivity contribution in [2.24, 2.45) is 5.92 Å². The minimum absolute atomic E-state index is 0.378. The van der Waals surface area contributed by atoms with Gasteiger partial charge in [0.1, 0.15) is 0 Å². The molecule has 2 N–H and O–H groups in total. The molecule has 1 fully saturated rings. The Morgan fingerprint density at radius 3 is 2.72 bits per heavy atom. The lowest BCUT2D eigenvalue weighted by molar-refractivity contribution is 0.0480. The second-order valence-electron chi connectivity index (χ2n) is 7.82. The van der Waals surface area contributed by atoms with Crippen molar-refractivity contribution in [3.63, 3.8) is 0 Å². The Labute approximate surface area is 184 Å². The molecule has 0 aliphatic carbocycles. The van der Waals surface area contributed by atoms with E-state index >= 15 is 0 Å². The number of ether oxygens (including phenoxy) is 1. The van der Waals surface area contributed by atoms with Gasteiger partial charge in [-0.3, -0.25) is 0 Å². The summed E-state index contributed by atoms with van der Waals surface area (Å²) < 4.78 is 5.62. The zero-order valence-electron chi connectivity index (χ0n) is 17.0. The molecular weight excluding hydrogens is 403 g/mol. The summed E-state index contributed by atoms with van der Waals surface area (Å²) in [7, 11) is 2.02. The number of hydrogen-bond acceptors (Lipinski definition) is 3. The SMILES string of the molecule is C=C(NCC(CC1CCCOC1)NC)c1cc(Cl)cc(Cc2cccc(Cl)c2)c1. The van der Waals surface area contributed by atoms with Crippen LogP contribution in [0.2, 0.25) is 10.0 Å². The van der Waals surface area contributed by atoms with Crippen molar-refractivity contribution in [2.75, 3.05) is 26.8 Å². The second kappa shape index (κ2) is 11.0. The Kier molecular flexibility index (Phi) is 8.43. The van der Waals surface area contributed by atoms with E-state index in [-0.39, 0.29) is 0 Å². The zero-order valence-corrected chi connectivity index (χ0v) is 18.5. The standard InChI is InChI=1S/C24H30Cl2N2O/c1-17(28-15-24(27-2)13-19-6-4-8-29-16-19)21-10-20(12-23(26)14-21)9-18-5-3-7-22(25)11-18/h3,5,7,10-12,14,19,24,27-28H,1,4,6,8-9,13,15-16H2,2H3. The van der Waals surface area contributed by atoms with E-state index < -0.39 is 0 Å². The van der Waals surface area contributed by atoms with Crippen molar-refractivity contribution in [3.8, 4) is 0 Å². The predicted octanol–water partition coefficient (Wildman–Crippen LogP) is 5.55. The van der Waals surface area contributed by atoms with Crippen LogP contribution in [0.25, 0.3) is 5.70 Å². The number of benzene rings is 2. The molecule has 1 heterocycles. The highest BCUT2D eigenvalue weighted by atomic mass is 35.5. The van der Waals surface area contributed by atoms with Gasteiger partial charge >= 0.3 is 0 Å². The fourth-order valence-electron chi connectivity index (χ4n) is 3.86. The highest BCUT2D eigenvalue weighted by Crippen LogP contribution is 2.23. The molecule has 0 bridgehead atoms. The van der Waals surface area contributed by atoms with Crippen LogP contribution in [0.15, 0.2) is 49.0 Å². The molecule has 3 nitrogen and oxygen atoms in total. The summed E-state index contributed by atoms with van der Waals surface area (Å²) in [6.45, 7) is 6.84. The van der Waals surface area contributed by atoms with Crippen LogP contribution in [-0.2, 0) is 11.2 Å². The third kappa shape index (κ3) is 7.04. The Morgan fingerprint density at radius 2 is 2.00 bits per heavy atom. The monoisotopic (exact) mass is 432 g/mol. The third-order valence-corrected chi connectivity index (χ3v) is 5.90. The average molecular weight is 433 g/mol. The van der Waals surface area contributed by atoms with Crippen LogP contribution in [0.5, 0.6) is 0 Å². The lowest BCUT2D eigenvalue weighted by atomic mass is 9.94. The molecule has 29 heavy (non-hydrogen) atoms. The molecule has 2 atom stereocenters. The molecule has 1 saturated heterocycles. The van der Waals surface area contributed by atoms with Crippen molar-refractivity contribution in [1.29, 1.82) is 0 Å². The first-order valence-corrected chi connectivity index (χ1v) is 11.0. The Bertz CT molecular complexity index is 818. The van der Waals surface area contributed by atoms with E-state index in [1.807, 2.05) is 37.4 Å². The van der Waals surface area contributed by atoms with E-state index in [0.717, 1.165) is 60.0 Å². The Morgan fingerprint density at radius 1 is 1.17 bits per heavy atom. The molecule has 0 spiro atoms. The molecule has 156 valence electrons. The molecular formula is C24H30Cl2N2O. The van der Waals surface area contributed by atoms with Gasteiger partial charge in [-0.25, -0.2) is 0 Å². The minimum atomic E-state index is 0.378. The van der Waals surface area contributed by atoms with E-state index in [4.69, 9.17) is 27.9 Å². The molecule has 2 unspecified atom stereocenters. The first-order valence-electron chi connectivity index (χ1n) is 10.3. The third-order valence-electron chi connectivity index (χ3n) is 5.45. The summed E-state index contributed by atoms with van der Waals surface area (Å²) in [6.07, 6.45) is 4.30. The Hall–Kier alpha value is -1.52. The zero-order chi connectivity index (χ0) is 20.6. The molecule has 1 aliphatic rings. The molecule has 0 aromatic heterocycles. The molecule has 0 radical (unpaired) electrons. The summed E-state index contributed by atoms with van der Waals surface area (Å²) in [6, 6.07) is 14.4. The van der Waals surface area contributed by atoms with E-state index in [1.54, 1.807) is 0 Å². The molecule has 0 saturated carbocycles. The second-order valence-corrected chi connectivity index (χ2v) is 8.69. The van der Waals surface area contributed by atoms with Gasteiger partial charge in [-0.1, -0.05) is 41.9 Å². The predicted molar refractivity (Wildman–Crippen MR) is 124 cm³/mol. The molecule has 2 aromatic rings. The average Bonchev–Trinajstić information content (AvgIpc) is 2.71. The first kappa shape index (κ1) is 22.2. The fourth-order valence-corrected chi connectivity index (χ4v) is 4.33. The molecule has 0 amide bonds. The van der Waals surface area contributed by atoms with Crippen LogP contribution >= 0.6 is 23.2 Å². The summed E-state index contributed by atoms with van der Waals surface area (Å²) in [5.74, 6) is 0.631. The van der Waals surface area contributed by atoms with Gasteiger partial charge in [-0.2, -0.15) is 0 Å². The number of likely N-dealkylation sites (N-methyl/N-ethyl adjacent to an activating group) is 1. The minimum Gasteiger partial charge on any atom is -0.383 e. The van der Waals surface area contributed by atoms with Crippen LogP contribution in [-0.4, -0.2) is 32.8 Å². The normalized spacial score (nSPS) is 17.7. The van der Waals surface area contributed by atoms with Crippen LogP contribution in [0.4, 0.5) is 0 Å². The summed E-state index contributed by atoms with van der Waals surface area (Å²) in [4.78, 5) is 0. The smallest absolute Gasteiger partial charge is 0.0494 e. The quantitative estimate of drug-likeness (QED) is 0.544. The number of nitrogens with one attached hydrogen (secondary N) is 2. The van der Waals surface area contributed by atoms with Gasteiger partial charge in [0.25, 0.3) is 0 Å². The van der Waals surface area contributed by atoms with Crippen LogP contribution in [0.1, 0.15) is 36.0 Å². The summed E-state index contributed by atoms with van der Waals surface area (Å²) >= 11 is 12.5. The van der Waals surface area contributed by atoms with E-state index in [9.17, 15) is 0 Å². The lowest BCUT2D eigenvalue weighted by Gasteiger charge is -2.27. The van der Waals surface area contributed by atoms with Crippen LogP contribution in [0, 0.1) is 5.92 Å². The Balaban J connectivity index is 1.60. The number of hydrogen-bond donors (Lipinski definition) is 2. The molecule has 1 aliphatic heterocycles. The van der Waals surface area contributed by atoms with Crippen molar-refractivity contribution < 1.29 is 4.74 Å². The summed E-state index contributed by atoms with van der Waals surface area (Å²) in [5, 5.41) is 8.37. The first-order chi connectivity index (χ1) is 14.0. The highest BCUT2D eigenvalue weighted by Gasteiger charge is 2.18. The van der Waals surface area contributed by atoms with Gasteiger partial charge in [-0.05, 0) is 85.7 Å². The van der Waals surface area contributed by atoms with Gasteiger partial charge in [-0.15, -0.1) is 0 Å². The van der Waals surface area contributed by atoms with E-state index in [0.29, 0.717) is 17.0 Å². The van der Waals surface area contributed by atoms with Gasteiger partial charge in [0.15, 0.2) is 0 Å². The maximum atomic E-state index is 6.39. The maximum absolute atomic E-state index is 6.39. The van der Waals surface area contributed by atoms with Crippen molar-refractivity contribution in [3.05, 3.63) is 75.8 Å². The number of rotatable bonds is 9. The highest BCUT2D eigenvalue weighted by molar-refractivity contribution is 6.31. The number of halogens is 2. The van der Waals surface area contributed by atoms with E-state index in [1.165, 1.54) is 12.8 Å². The van der Waals surface area contributed by atoms with Crippen LogP contribution in [0.3, 0.4) is 0 Å². The topological polar surface area (TPSA) is 33.3 Å². The summed E-state index contributed by atoms with van der Waals surface area (Å²) in [5.41, 5.74) is 4.21. The fraction of sp³-hybridized carbons (Fsp3) is 0.417. The molecule has 2 aromatic carbocycles. The molecule has 3 rings (SSSR count). The van der Waals surface area contributed by atoms with Gasteiger partial charge in [0.05, 0.1) is 0 Å². The van der Waals surface area contributed by atoms with E-state index in [2.05, 4.69) is 29.3 Å². The lowest BCUT2D eigenvalue weighted by Crippen LogP contribution is -2.38. The van der Waals surface area contributed by atoms with Gasteiger partial charge in [0.2, 0.25) is 0 Å².